The van der Waals surface area contributed by atoms with Crippen LogP contribution in [0.1, 0.15) is 24.2 Å². The minimum atomic E-state index is -0.389. The first-order valence-electron chi connectivity index (χ1n) is 5.39. The molecule has 0 aromatic heterocycles. The molecule has 0 spiro atoms. The second-order valence-electron chi connectivity index (χ2n) is 3.54. The Hall–Kier alpha value is -0.260. The smallest absolute Gasteiger partial charge is 0.339 e. The van der Waals surface area contributed by atoms with Gasteiger partial charge in [-0.3, -0.25) is 0 Å². The van der Waals surface area contributed by atoms with Crippen LogP contribution in [-0.2, 0) is 4.74 Å². The molecule has 0 bridgehead atoms. The first kappa shape index (κ1) is 15.8. The van der Waals surface area contributed by atoms with Crippen molar-refractivity contribution in [3.63, 3.8) is 0 Å². The van der Waals surface area contributed by atoms with E-state index in [0.717, 1.165) is 4.47 Å². The lowest BCUT2D eigenvalue weighted by Crippen LogP contribution is -2.15. The molecule has 1 atom stereocenters. The highest BCUT2D eigenvalue weighted by Gasteiger charge is 2.18. The van der Waals surface area contributed by atoms with Crippen molar-refractivity contribution in [3.8, 4) is 5.75 Å². The molecule has 0 heterocycles. The van der Waals surface area contributed by atoms with E-state index in [1.165, 1.54) is 0 Å². The molecule has 6 heteroatoms. The second-order valence-corrected chi connectivity index (χ2v) is 5.50. The molecule has 1 aromatic carbocycles. The number of carbonyl (C=O) groups excluding carboxylic acids is 1. The number of esters is 1. The molecule has 0 N–H and O–H groups in total. The van der Waals surface area contributed by atoms with Gasteiger partial charge in [0.1, 0.15) is 11.9 Å². The highest BCUT2D eigenvalue weighted by Crippen LogP contribution is 2.37. The third-order valence-electron chi connectivity index (χ3n) is 2.08. The van der Waals surface area contributed by atoms with Gasteiger partial charge in [0, 0.05) is 0 Å². The van der Waals surface area contributed by atoms with Crippen LogP contribution in [0.25, 0.3) is 0 Å². The van der Waals surface area contributed by atoms with Crippen LogP contribution in [0, 0.1) is 0 Å². The van der Waals surface area contributed by atoms with E-state index in [2.05, 4.69) is 31.9 Å². The molecular formula is C12H13Br2ClO3. The molecule has 1 aromatic rings. The van der Waals surface area contributed by atoms with E-state index < -0.39 is 0 Å². The van der Waals surface area contributed by atoms with Gasteiger partial charge < -0.3 is 9.47 Å². The molecule has 18 heavy (non-hydrogen) atoms. The summed E-state index contributed by atoms with van der Waals surface area (Å²) in [6, 6.07) is 3.41. The first-order valence-corrected chi connectivity index (χ1v) is 7.51. The monoisotopic (exact) mass is 398 g/mol. The van der Waals surface area contributed by atoms with Crippen molar-refractivity contribution >= 4 is 49.4 Å². The first-order chi connectivity index (χ1) is 8.51. The third kappa shape index (κ3) is 3.87. The topological polar surface area (TPSA) is 35.5 Å². The number of carbonyl (C=O) groups is 1. The van der Waals surface area contributed by atoms with Gasteiger partial charge in [-0.15, -0.1) is 11.6 Å². The van der Waals surface area contributed by atoms with Crippen LogP contribution in [0.3, 0.4) is 0 Å². The summed E-state index contributed by atoms with van der Waals surface area (Å²) in [5.41, 5.74) is 0.428. The lowest BCUT2D eigenvalue weighted by atomic mass is 10.2. The maximum atomic E-state index is 11.7. The van der Waals surface area contributed by atoms with Crippen LogP contribution in [0.15, 0.2) is 21.1 Å². The zero-order valence-corrected chi connectivity index (χ0v) is 13.9. The third-order valence-corrected chi connectivity index (χ3v) is 3.93. The fraction of sp³-hybridized carbons (Fsp3) is 0.417. The average molecular weight is 400 g/mol. The highest BCUT2D eigenvalue weighted by atomic mass is 79.9. The van der Waals surface area contributed by atoms with Crippen molar-refractivity contribution in [1.82, 2.24) is 0 Å². The SMILES string of the molecule is CCOC(=O)c1ccc(Br)c(OC(C)CCl)c1Br. The molecule has 0 aliphatic heterocycles. The van der Waals surface area contributed by atoms with E-state index in [4.69, 9.17) is 21.1 Å². The fourth-order valence-electron chi connectivity index (χ4n) is 1.24. The molecule has 0 aliphatic rings. The van der Waals surface area contributed by atoms with Crippen LogP contribution in [0.4, 0.5) is 0 Å². The quantitative estimate of drug-likeness (QED) is 0.543. The molecule has 0 fully saturated rings. The molecule has 0 radical (unpaired) electrons. The van der Waals surface area contributed by atoms with Gasteiger partial charge in [0.05, 0.1) is 27.0 Å². The summed E-state index contributed by atoms with van der Waals surface area (Å²) >= 11 is 12.4. The molecule has 0 saturated heterocycles. The molecular weight excluding hydrogens is 387 g/mol. The number of hydrogen-bond acceptors (Lipinski definition) is 3. The minimum absolute atomic E-state index is 0.156. The Balaban J connectivity index is 3.10. The van der Waals surface area contributed by atoms with Gasteiger partial charge in [0.15, 0.2) is 0 Å². The van der Waals surface area contributed by atoms with Crippen molar-refractivity contribution in [2.75, 3.05) is 12.5 Å². The number of halogens is 3. The summed E-state index contributed by atoms with van der Waals surface area (Å²) < 4.78 is 11.9. The van der Waals surface area contributed by atoms with E-state index in [-0.39, 0.29) is 12.1 Å². The summed E-state index contributed by atoms with van der Waals surface area (Å²) in [6.07, 6.45) is -0.156. The van der Waals surface area contributed by atoms with Crippen molar-refractivity contribution < 1.29 is 14.3 Å². The highest BCUT2D eigenvalue weighted by molar-refractivity contribution is 9.11. The lowest BCUT2D eigenvalue weighted by molar-refractivity contribution is 0.0524. The normalized spacial score (nSPS) is 12.1. The van der Waals surface area contributed by atoms with Gasteiger partial charge in [0.25, 0.3) is 0 Å². The Morgan fingerprint density at radius 3 is 2.67 bits per heavy atom. The van der Waals surface area contributed by atoms with E-state index >= 15 is 0 Å². The molecule has 0 amide bonds. The van der Waals surface area contributed by atoms with Crippen LogP contribution in [-0.4, -0.2) is 24.6 Å². The average Bonchev–Trinajstić information content (AvgIpc) is 2.34. The largest absolute Gasteiger partial charge is 0.487 e. The number of hydrogen-bond donors (Lipinski definition) is 0. The van der Waals surface area contributed by atoms with Crippen molar-refractivity contribution in [2.24, 2.45) is 0 Å². The molecule has 0 saturated carbocycles. The summed E-state index contributed by atoms with van der Waals surface area (Å²) in [5.74, 6) is 0.525. The Kier molecular flexibility index (Phi) is 6.46. The van der Waals surface area contributed by atoms with Crippen molar-refractivity contribution in [1.29, 1.82) is 0 Å². The Morgan fingerprint density at radius 2 is 2.11 bits per heavy atom. The van der Waals surface area contributed by atoms with E-state index in [1.54, 1.807) is 19.1 Å². The molecule has 3 nitrogen and oxygen atoms in total. The van der Waals surface area contributed by atoms with Crippen LogP contribution < -0.4 is 4.74 Å². The maximum absolute atomic E-state index is 11.7. The Morgan fingerprint density at radius 1 is 1.44 bits per heavy atom. The van der Waals surface area contributed by atoms with E-state index in [0.29, 0.717) is 28.3 Å². The molecule has 100 valence electrons. The molecule has 0 aliphatic carbocycles. The van der Waals surface area contributed by atoms with E-state index in [9.17, 15) is 4.79 Å². The lowest BCUT2D eigenvalue weighted by Gasteiger charge is -2.16. The molecule has 1 rings (SSSR count). The number of ether oxygens (including phenoxy) is 2. The second kappa shape index (κ2) is 7.36. The van der Waals surface area contributed by atoms with Crippen LogP contribution in [0.2, 0.25) is 0 Å². The summed E-state index contributed by atoms with van der Waals surface area (Å²) in [4.78, 5) is 11.7. The standard InChI is InChI=1S/C12H13Br2ClO3/c1-3-17-12(16)8-4-5-9(13)11(10(8)14)18-7(2)6-15/h4-5,7H,3,6H2,1-2H3. The minimum Gasteiger partial charge on any atom is -0.487 e. The van der Waals surface area contributed by atoms with Gasteiger partial charge >= 0.3 is 5.97 Å². The summed E-state index contributed by atoms with van der Waals surface area (Å²) in [6.45, 7) is 3.94. The zero-order valence-electron chi connectivity index (χ0n) is 10.0. The van der Waals surface area contributed by atoms with Crippen LogP contribution in [0.5, 0.6) is 5.75 Å². The van der Waals surface area contributed by atoms with Gasteiger partial charge in [-0.1, -0.05) is 0 Å². The van der Waals surface area contributed by atoms with E-state index in [1.807, 2.05) is 6.92 Å². The summed E-state index contributed by atoms with van der Waals surface area (Å²) in [7, 11) is 0. The molecule has 1 unspecified atom stereocenters. The Bertz CT molecular complexity index is 438. The summed E-state index contributed by atoms with van der Waals surface area (Å²) in [5, 5.41) is 0. The Labute approximate surface area is 128 Å². The van der Waals surface area contributed by atoms with Gasteiger partial charge in [0.2, 0.25) is 0 Å². The predicted octanol–water partition coefficient (Wildman–Crippen LogP) is 4.39. The fourth-order valence-corrected chi connectivity index (χ4v) is 2.59. The predicted molar refractivity (Wildman–Crippen MR) is 78.6 cm³/mol. The number of rotatable bonds is 5. The maximum Gasteiger partial charge on any atom is 0.339 e. The number of benzene rings is 1. The van der Waals surface area contributed by atoms with Gasteiger partial charge in [-0.2, -0.15) is 0 Å². The van der Waals surface area contributed by atoms with Gasteiger partial charge in [-0.25, -0.2) is 4.79 Å². The number of alkyl halides is 1. The van der Waals surface area contributed by atoms with Gasteiger partial charge in [-0.05, 0) is 57.8 Å². The van der Waals surface area contributed by atoms with Crippen molar-refractivity contribution in [2.45, 2.75) is 20.0 Å². The van der Waals surface area contributed by atoms with Crippen LogP contribution >= 0.6 is 43.5 Å². The zero-order chi connectivity index (χ0) is 13.7. The van der Waals surface area contributed by atoms with Crippen molar-refractivity contribution in [3.05, 3.63) is 26.6 Å².